The van der Waals surface area contributed by atoms with Crippen molar-refractivity contribution in [3.8, 4) is 0 Å². The van der Waals surface area contributed by atoms with Crippen LogP contribution in [-0.4, -0.2) is 14.8 Å². The molecule has 0 aliphatic carbocycles. The van der Waals surface area contributed by atoms with E-state index in [1.165, 1.54) is 12.8 Å². The summed E-state index contributed by atoms with van der Waals surface area (Å²) in [6.07, 6.45) is 4.50. The van der Waals surface area contributed by atoms with Crippen LogP contribution in [0.5, 0.6) is 0 Å². The van der Waals surface area contributed by atoms with Crippen molar-refractivity contribution < 1.29 is 0 Å². The minimum absolute atomic E-state index is 0.0457. The zero-order chi connectivity index (χ0) is 10.8. The van der Waals surface area contributed by atoms with Gasteiger partial charge in [0.25, 0.3) is 0 Å². The highest BCUT2D eigenvalue weighted by molar-refractivity contribution is 5.03. The van der Waals surface area contributed by atoms with Crippen molar-refractivity contribution >= 4 is 0 Å². The van der Waals surface area contributed by atoms with Crippen LogP contribution >= 0.6 is 0 Å². The number of hydrogen-bond donors (Lipinski definition) is 1. The Morgan fingerprint density at radius 2 is 2.13 bits per heavy atom. The standard InChI is InChI=1S/C11H20N4/c1-8(2)7-9(12)11-14-13-10-5-3-4-6-15(10)11/h8-9H,3-7,12H2,1-2H3. The molecule has 15 heavy (non-hydrogen) atoms. The molecule has 0 amide bonds. The SMILES string of the molecule is CC(C)CC(N)c1nnc2n1CCCC2. The van der Waals surface area contributed by atoms with Gasteiger partial charge in [-0.2, -0.15) is 0 Å². The van der Waals surface area contributed by atoms with Crippen LogP contribution in [0.3, 0.4) is 0 Å². The van der Waals surface area contributed by atoms with Crippen LogP contribution in [0.1, 0.15) is 50.8 Å². The maximum absolute atomic E-state index is 6.14. The molecule has 0 fully saturated rings. The Bertz CT molecular complexity index is 329. The fourth-order valence-corrected chi connectivity index (χ4v) is 2.22. The summed E-state index contributed by atoms with van der Waals surface area (Å²) in [5.74, 6) is 2.71. The molecule has 84 valence electrons. The van der Waals surface area contributed by atoms with Crippen molar-refractivity contribution in [3.05, 3.63) is 11.6 Å². The molecule has 1 aliphatic heterocycles. The Labute approximate surface area is 90.9 Å². The summed E-state index contributed by atoms with van der Waals surface area (Å²) in [6, 6.07) is 0.0457. The average molecular weight is 208 g/mol. The Hall–Kier alpha value is -0.900. The van der Waals surface area contributed by atoms with Gasteiger partial charge in [0.15, 0.2) is 0 Å². The molecule has 2 heterocycles. The van der Waals surface area contributed by atoms with Crippen LogP contribution in [0.4, 0.5) is 0 Å². The summed E-state index contributed by atoms with van der Waals surface area (Å²) in [7, 11) is 0. The number of fused-ring (bicyclic) bond motifs is 1. The normalized spacial score (nSPS) is 17.9. The Morgan fingerprint density at radius 3 is 2.87 bits per heavy atom. The predicted octanol–water partition coefficient (Wildman–Crippen LogP) is 1.66. The van der Waals surface area contributed by atoms with Crippen molar-refractivity contribution in [2.45, 2.75) is 52.1 Å². The topological polar surface area (TPSA) is 56.7 Å². The smallest absolute Gasteiger partial charge is 0.149 e. The van der Waals surface area contributed by atoms with Crippen LogP contribution in [0, 0.1) is 5.92 Å². The van der Waals surface area contributed by atoms with Crippen LogP contribution in [0.25, 0.3) is 0 Å². The number of aryl methyl sites for hydroxylation is 1. The number of hydrogen-bond acceptors (Lipinski definition) is 3. The Morgan fingerprint density at radius 1 is 1.33 bits per heavy atom. The van der Waals surface area contributed by atoms with Gasteiger partial charge in [0.05, 0.1) is 6.04 Å². The number of rotatable bonds is 3. The maximum atomic E-state index is 6.14. The number of nitrogens with zero attached hydrogens (tertiary/aromatic N) is 3. The third kappa shape index (κ3) is 2.20. The van der Waals surface area contributed by atoms with Gasteiger partial charge in [-0.05, 0) is 25.2 Å². The van der Waals surface area contributed by atoms with Gasteiger partial charge in [-0.1, -0.05) is 13.8 Å². The highest BCUT2D eigenvalue weighted by atomic mass is 15.3. The first kappa shape index (κ1) is 10.6. The highest BCUT2D eigenvalue weighted by Gasteiger charge is 2.20. The van der Waals surface area contributed by atoms with Crippen molar-refractivity contribution in [2.75, 3.05) is 0 Å². The van der Waals surface area contributed by atoms with E-state index >= 15 is 0 Å². The molecule has 0 saturated heterocycles. The van der Waals surface area contributed by atoms with E-state index in [2.05, 4.69) is 28.6 Å². The van der Waals surface area contributed by atoms with Gasteiger partial charge >= 0.3 is 0 Å². The van der Waals surface area contributed by atoms with E-state index in [1.54, 1.807) is 0 Å². The second-order valence-electron chi connectivity index (χ2n) is 4.82. The molecule has 1 aromatic rings. The molecular weight excluding hydrogens is 188 g/mol. The zero-order valence-electron chi connectivity index (χ0n) is 9.61. The summed E-state index contributed by atoms with van der Waals surface area (Å²) >= 11 is 0. The Balaban J connectivity index is 2.17. The van der Waals surface area contributed by atoms with E-state index < -0.39 is 0 Å². The lowest BCUT2D eigenvalue weighted by atomic mass is 10.0. The minimum Gasteiger partial charge on any atom is -0.321 e. The van der Waals surface area contributed by atoms with Crippen LogP contribution in [0.15, 0.2) is 0 Å². The monoisotopic (exact) mass is 208 g/mol. The van der Waals surface area contributed by atoms with Gasteiger partial charge in [-0.15, -0.1) is 10.2 Å². The molecule has 0 radical (unpaired) electrons. The third-order valence-corrected chi connectivity index (χ3v) is 2.95. The van der Waals surface area contributed by atoms with E-state index in [1.807, 2.05) is 0 Å². The fourth-order valence-electron chi connectivity index (χ4n) is 2.22. The molecule has 0 saturated carbocycles. The summed E-state index contributed by atoms with van der Waals surface area (Å²) in [5, 5.41) is 8.46. The van der Waals surface area contributed by atoms with E-state index in [0.717, 1.165) is 31.0 Å². The van der Waals surface area contributed by atoms with Gasteiger partial charge in [-0.3, -0.25) is 0 Å². The molecule has 1 aliphatic rings. The van der Waals surface area contributed by atoms with Gasteiger partial charge < -0.3 is 10.3 Å². The molecule has 1 unspecified atom stereocenters. The molecule has 2 N–H and O–H groups in total. The highest BCUT2D eigenvalue weighted by Crippen LogP contribution is 2.21. The molecule has 2 rings (SSSR count). The number of aromatic nitrogens is 3. The molecule has 1 aromatic heterocycles. The lowest BCUT2D eigenvalue weighted by Crippen LogP contribution is -2.21. The molecular formula is C11H20N4. The van der Waals surface area contributed by atoms with Gasteiger partial charge in [-0.25, -0.2) is 0 Å². The van der Waals surface area contributed by atoms with Crippen molar-refractivity contribution in [1.29, 1.82) is 0 Å². The van der Waals surface area contributed by atoms with Crippen molar-refractivity contribution in [2.24, 2.45) is 11.7 Å². The summed E-state index contributed by atoms with van der Waals surface area (Å²) in [5.41, 5.74) is 6.14. The summed E-state index contributed by atoms with van der Waals surface area (Å²) < 4.78 is 2.22. The van der Waals surface area contributed by atoms with E-state index in [4.69, 9.17) is 5.73 Å². The maximum Gasteiger partial charge on any atom is 0.149 e. The second kappa shape index (κ2) is 4.31. The number of nitrogens with two attached hydrogens (primary N) is 1. The van der Waals surface area contributed by atoms with E-state index in [9.17, 15) is 0 Å². The fraction of sp³-hybridized carbons (Fsp3) is 0.818. The first-order valence-corrected chi connectivity index (χ1v) is 5.86. The van der Waals surface area contributed by atoms with Crippen molar-refractivity contribution in [3.63, 3.8) is 0 Å². The van der Waals surface area contributed by atoms with Gasteiger partial charge in [0, 0.05) is 13.0 Å². The predicted molar refractivity (Wildman–Crippen MR) is 59.3 cm³/mol. The largest absolute Gasteiger partial charge is 0.321 e. The Kier molecular flexibility index (Phi) is 3.05. The lowest BCUT2D eigenvalue weighted by molar-refractivity contribution is 0.448. The van der Waals surface area contributed by atoms with Gasteiger partial charge in [0.1, 0.15) is 11.6 Å². The summed E-state index contributed by atoms with van der Waals surface area (Å²) in [4.78, 5) is 0. The molecule has 0 spiro atoms. The molecule has 0 bridgehead atoms. The quantitative estimate of drug-likeness (QED) is 0.822. The molecule has 4 heteroatoms. The molecule has 0 aromatic carbocycles. The molecule has 1 atom stereocenters. The third-order valence-electron chi connectivity index (χ3n) is 2.95. The van der Waals surface area contributed by atoms with Gasteiger partial charge in [0.2, 0.25) is 0 Å². The zero-order valence-corrected chi connectivity index (χ0v) is 9.61. The average Bonchev–Trinajstić information content (AvgIpc) is 2.59. The van der Waals surface area contributed by atoms with Crippen LogP contribution in [-0.2, 0) is 13.0 Å². The van der Waals surface area contributed by atoms with E-state index in [0.29, 0.717) is 5.92 Å². The first-order chi connectivity index (χ1) is 7.18. The summed E-state index contributed by atoms with van der Waals surface area (Å²) in [6.45, 7) is 5.42. The molecule has 4 nitrogen and oxygen atoms in total. The second-order valence-corrected chi connectivity index (χ2v) is 4.82. The van der Waals surface area contributed by atoms with E-state index in [-0.39, 0.29) is 6.04 Å². The van der Waals surface area contributed by atoms with Crippen molar-refractivity contribution in [1.82, 2.24) is 14.8 Å². The van der Waals surface area contributed by atoms with Crippen LogP contribution < -0.4 is 5.73 Å². The van der Waals surface area contributed by atoms with Crippen LogP contribution in [0.2, 0.25) is 0 Å². The first-order valence-electron chi connectivity index (χ1n) is 5.86. The minimum atomic E-state index is 0.0457. The lowest BCUT2D eigenvalue weighted by Gasteiger charge is -2.18.